The first-order valence-electron chi connectivity index (χ1n) is 14.2. The van der Waals surface area contributed by atoms with E-state index in [0.29, 0.717) is 23.1 Å². The number of piperidine rings is 1. The van der Waals surface area contributed by atoms with E-state index in [1.165, 1.54) is 4.90 Å². The molecule has 2 N–H and O–H groups in total. The molecule has 2 aliphatic rings. The number of hydrogen-bond acceptors (Lipinski definition) is 9. The van der Waals surface area contributed by atoms with E-state index in [4.69, 9.17) is 19.3 Å². The summed E-state index contributed by atoms with van der Waals surface area (Å²) in [7, 11) is 3.30. The van der Waals surface area contributed by atoms with E-state index in [2.05, 4.69) is 21.4 Å². The smallest absolute Gasteiger partial charge is 0.243 e. The summed E-state index contributed by atoms with van der Waals surface area (Å²) in [5.74, 6) is 0.0272. The molecule has 0 spiro atoms. The van der Waals surface area contributed by atoms with Crippen LogP contribution in [0.2, 0.25) is 0 Å². The molecule has 0 aliphatic carbocycles. The maximum absolute atomic E-state index is 13.9. The fraction of sp³-hybridized carbons (Fsp3) is 0.600. The average Bonchev–Trinajstić information content (AvgIpc) is 3.61. The number of carbonyl (C=O) groups excluding carboxylic acids is 2. The predicted molar refractivity (Wildman–Crippen MR) is 151 cm³/mol. The molecule has 2 fully saturated rings. The van der Waals surface area contributed by atoms with Gasteiger partial charge in [0.05, 0.1) is 23.8 Å². The first-order chi connectivity index (χ1) is 19.7. The van der Waals surface area contributed by atoms with Crippen molar-refractivity contribution in [2.75, 3.05) is 38.8 Å². The Kier molecular flexibility index (Phi) is 10.0. The Morgan fingerprint density at radius 3 is 2.39 bits per heavy atom. The monoisotopic (exact) mass is 567 g/mol. The van der Waals surface area contributed by atoms with Crippen molar-refractivity contribution in [1.82, 2.24) is 15.4 Å². The number of ether oxygens (including phenoxy) is 2. The molecule has 0 bridgehead atoms. The Hall–Kier alpha value is -3.46. The van der Waals surface area contributed by atoms with Crippen LogP contribution >= 0.6 is 0 Å². The van der Waals surface area contributed by atoms with Crippen molar-refractivity contribution in [3.63, 3.8) is 0 Å². The molecule has 4 atom stereocenters. The fourth-order valence-electron chi connectivity index (χ4n) is 5.92. The molecule has 41 heavy (non-hydrogen) atoms. The van der Waals surface area contributed by atoms with Gasteiger partial charge < -0.3 is 34.2 Å². The highest BCUT2D eigenvalue weighted by Gasteiger charge is 2.43. The van der Waals surface area contributed by atoms with Crippen LogP contribution in [-0.4, -0.2) is 79.3 Å². The maximum Gasteiger partial charge on any atom is 0.243 e. The molecule has 2 saturated heterocycles. The number of carbonyl (C=O) groups is 2. The molecule has 1 aromatic carbocycles. The molecule has 0 radical (unpaired) electrons. The Bertz CT molecular complexity index is 1210. The molecule has 2 aliphatic heterocycles. The van der Waals surface area contributed by atoms with Gasteiger partial charge in [-0.05, 0) is 43.4 Å². The molecule has 1 aromatic heterocycles. The van der Waals surface area contributed by atoms with Crippen LogP contribution in [0.25, 0.3) is 0 Å². The minimum atomic E-state index is -0.810. The third kappa shape index (κ3) is 6.89. The quantitative estimate of drug-likeness (QED) is 0.415. The molecule has 11 nitrogen and oxygen atoms in total. The summed E-state index contributed by atoms with van der Waals surface area (Å²) in [4.78, 5) is 30.9. The summed E-state index contributed by atoms with van der Waals surface area (Å²) in [5, 5.41) is 26.8. The molecule has 4 rings (SSSR count). The Morgan fingerprint density at radius 2 is 1.80 bits per heavy atom. The lowest BCUT2D eigenvalue weighted by atomic mass is 9.91. The van der Waals surface area contributed by atoms with E-state index >= 15 is 0 Å². The number of methoxy groups -OCH3 is 2. The lowest BCUT2D eigenvalue weighted by Gasteiger charge is -2.34. The van der Waals surface area contributed by atoms with Crippen molar-refractivity contribution in [3.8, 4) is 6.07 Å². The third-order valence-electron chi connectivity index (χ3n) is 8.23. The highest BCUT2D eigenvalue weighted by Crippen LogP contribution is 2.34. The van der Waals surface area contributed by atoms with Crippen LogP contribution in [0.1, 0.15) is 68.9 Å². The van der Waals surface area contributed by atoms with Crippen molar-refractivity contribution in [3.05, 3.63) is 47.2 Å². The minimum absolute atomic E-state index is 0.0695. The normalized spacial score (nSPS) is 21.2. The number of anilines is 1. The number of nitriles is 1. The van der Waals surface area contributed by atoms with Crippen LogP contribution in [0, 0.1) is 23.2 Å². The highest BCUT2D eigenvalue weighted by atomic mass is 16.7. The first kappa shape index (κ1) is 30.5. The summed E-state index contributed by atoms with van der Waals surface area (Å²) in [6, 6.07) is 9.74. The van der Waals surface area contributed by atoms with E-state index in [0.717, 1.165) is 31.5 Å². The van der Waals surface area contributed by atoms with Crippen molar-refractivity contribution >= 4 is 17.6 Å². The van der Waals surface area contributed by atoms with Crippen LogP contribution in [-0.2, 0) is 19.1 Å². The molecule has 11 heteroatoms. The van der Waals surface area contributed by atoms with E-state index in [1.54, 1.807) is 38.5 Å². The van der Waals surface area contributed by atoms with E-state index < -0.39 is 18.1 Å². The number of likely N-dealkylation sites (tertiary alicyclic amines) is 1. The highest BCUT2D eigenvalue weighted by molar-refractivity contribution is 5.91. The van der Waals surface area contributed by atoms with Gasteiger partial charge in [-0.2, -0.15) is 5.26 Å². The van der Waals surface area contributed by atoms with Gasteiger partial charge in [0.1, 0.15) is 12.0 Å². The number of β-amino-alcohol motifs (C(OH)–C–C–N with tert-alkyl or cyclic N) is 1. The Morgan fingerprint density at radius 1 is 1.15 bits per heavy atom. The second-order valence-corrected chi connectivity index (χ2v) is 11.3. The van der Waals surface area contributed by atoms with Gasteiger partial charge in [-0.25, -0.2) is 0 Å². The first-order valence-corrected chi connectivity index (χ1v) is 14.2. The van der Waals surface area contributed by atoms with Gasteiger partial charge in [0.15, 0.2) is 17.9 Å². The van der Waals surface area contributed by atoms with Gasteiger partial charge in [-0.3, -0.25) is 9.59 Å². The van der Waals surface area contributed by atoms with Gasteiger partial charge in [0.2, 0.25) is 11.8 Å². The Labute approximate surface area is 241 Å². The summed E-state index contributed by atoms with van der Waals surface area (Å²) < 4.78 is 16.6. The largest absolute Gasteiger partial charge is 0.391 e. The van der Waals surface area contributed by atoms with Crippen molar-refractivity contribution in [1.29, 1.82) is 5.26 Å². The fourth-order valence-corrected chi connectivity index (χ4v) is 5.92. The lowest BCUT2D eigenvalue weighted by molar-refractivity contribution is -0.141. The van der Waals surface area contributed by atoms with Crippen molar-refractivity contribution in [2.45, 2.75) is 70.4 Å². The molecular formula is C30H41N5O6. The molecular weight excluding hydrogens is 526 g/mol. The molecule has 3 heterocycles. The van der Waals surface area contributed by atoms with Crippen molar-refractivity contribution in [2.24, 2.45) is 11.8 Å². The van der Waals surface area contributed by atoms with Crippen LogP contribution in [0.5, 0.6) is 0 Å². The topological polar surface area (TPSA) is 141 Å². The second kappa shape index (κ2) is 13.5. The van der Waals surface area contributed by atoms with E-state index in [1.807, 2.05) is 26.8 Å². The minimum Gasteiger partial charge on any atom is -0.391 e. The SMILES string of the molecule is COC(OC)C1CCN(c2cc(C(C(=O)N3C[C@H](O)C[C@H]3C(=O)NC(C)c3ccc(C#N)cc3)C(C)C)on2)CC1. The number of nitrogens with one attached hydrogen (secondary N) is 1. The predicted octanol–water partition coefficient (Wildman–Crippen LogP) is 2.96. The maximum atomic E-state index is 13.9. The molecule has 2 amide bonds. The van der Waals surface area contributed by atoms with Crippen LogP contribution < -0.4 is 10.2 Å². The number of aliphatic hydroxyl groups excluding tert-OH is 1. The lowest BCUT2D eigenvalue weighted by Crippen LogP contribution is -2.48. The van der Waals surface area contributed by atoms with Gasteiger partial charge >= 0.3 is 0 Å². The summed E-state index contributed by atoms with van der Waals surface area (Å²) in [6.45, 7) is 7.30. The summed E-state index contributed by atoms with van der Waals surface area (Å²) in [6.07, 6.45) is 0.876. The Balaban J connectivity index is 1.45. The summed E-state index contributed by atoms with van der Waals surface area (Å²) >= 11 is 0. The number of nitrogens with zero attached hydrogens (tertiary/aromatic N) is 4. The van der Waals surface area contributed by atoms with Crippen molar-refractivity contribution < 1.29 is 28.7 Å². The van der Waals surface area contributed by atoms with Crippen LogP contribution in [0.4, 0.5) is 5.82 Å². The molecule has 2 unspecified atom stereocenters. The average molecular weight is 568 g/mol. The number of rotatable bonds is 10. The zero-order valence-electron chi connectivity index (χ0n) is 24.4. The van der Waals surface area contributed by atoms with Gasteiger partial charge in [0, 0.05) is 52.3 Å². The van der Waals surface area contributed by atoms with Crippen LogP contribution in [0.15, 0.2) is 34.9 Å². The third-order valence-corrected chi connectivity index (χ3v) is 8.23. The zero-order valence-corrected chi connectivity index (χ0v) is 24.4. The number of benzene rings is 1. The number of aromatic nitrogens is 1. The molecule has 222 valence electrons. The zero-order chi connectivity index (χ0) is 29.7. The molecule has 0 saturated carbocycles. The summed E-state index contributed by atoms with van der Waals surface area (Å²) in [5.41, 5.74) is 1.38. The van der Waals surface area contributed by atoms with E-state index in [-0.39, 0.29) is 43.0 Å². The van der Waals surface area contributed by atoms with Crippen LogP contribution in [0.3, 0.4) is 0 Å². The van der Waals surface area contributed by atoms with Gasteiger partial charge in [0.25, 0.3) is 0 Å². The van der Waals surface area contributed by atoms with Gasteiger partial charge in [-0.1, -0.05) is 31.1 Å². The number of amides is 2. The van der Waals surface area contributed by atoms with E-state index in [9.17, 15) is 14.7 Å². The number of aliphatic hydroxyl groups is 1. The standard InChI is InChI=1S/C30H41N5O6/c1-18(2)27(25-15-26(33-41-25)34-12-10-22(11-13-34)30(39-4)40-5)29(38)35-17-23(36)14-24(35)28(37)32-19(3)21-8-6-20(16-31)7-9-21/h6-9,15,18-19,22-24,27,30,36H,10-14,17H2,1-5H3,(H,32,37)/t19?,23-,24+,27?/m1/s1. The molecule has 2 aromatic rings. The number of hydrogen-bond donors (Lipinski definition) is 2. The second-order valence-electron chi connectivity index (χ2n) is 11.3. The van der Waals surface area contributed by atoms with Gasteiger partial charge in [-0.15, -0.1) is 0 Å².